The maximum Gasteiger partial charge on any atom is 0.236 e. The molecular weight excluding hydrogens is 480 g/mol. The Labute approximate surface area is 213 Å². The first-order valence-corrected chi connectivity index (χ1v) is 12.7. The molecule has 5 rings (SSSR count). The quantitative estimate of drug-likeness (QED) is 0.166. The van der Waals surface area contributed by atoms with E-state index in [9.17, 15) is 10.5 Å². The fourth-order valence-corrected chi connectivity index (χ4v) is 5.79. The lowest BCUT2D eigenvalue weighted by Crippen LogP contribution is -2.44. The lowest BCUT2D eigenvalue weighted by molar-refractivity contribution is 0.0300. The zero-order valence-electron chi connectivity index (χ0n) is 18.9. The van der Waals surface area contributed by atoms with E-state index in [1.807, 2.05) is 41.4 Å². The number of pyridine rings is 2. The molecule has 9 heteroatoms. The largest absolute Gasteiger partial charge is 0.340 e. The molecule has 2 aliphatic rings. The van der Waals surface area contributed by atoms with E-state index in [0.29, 0.717) is 24.7 Å². The van der Waals surface area contributed by atoms with Crippen LogP contribution in [0.15, 0.2) is 76.5 Å². The van der Waals surface area contributed by atoms with E-state index in [1.54, 1.807) is 30.3 Å². The van der Waals surface area contributed by atoms with E-state index in [0.717, 1.165) is 45.3 Å². The Morgan fingerprint density at radius 2 is 2.03 bits per heavy atom. The van der Waals surface area contributed by atoms with Gasteiger partial charge < -0.3 is 4.90 Å². The highest BCUT2D eigenvalue weighted by Gasteiger charge is 2.27. The van der Waals surface area contributed by atoms with Crippen LogP contribution in [0.4, 0.5) is 0 Å². The molecule has 0 amide bonds. The summed E-state index contributed by atoms with van der Waals surface area (Å²) in [6.07, 6.45) is 8.59. The van der Waals surface area contributed by atoms with Gasteiger partial charge in [0.15, 0.2) is 0 Å². The van der Waals surface area contributed by atoms with Crippen molar-refractivity contribution in [3.63, 3.8) is 0 Å². The van der Waals surface area contributed by atoms with Gasteiger partial charge in [0.2, 0.25) is 12.2 Å². The second kappa shape index (κ2) is 10.5. The number of halogens is 1. The number of nitrogens with zero attached hydrogens (tertiary/aromatic N) is 6. The van der Waals surface area contributed by atoms with Crippen LogP contribution in [-0.4, -0.2) is 44.2 Å². The lowest BCUT2D eigenvalue weighted by Gasteiger charge is -2.33. The number of thioether (sulfide) groups is 1. The monoisotopic (exact) mass is 502 g/mol. The van der Waals surface area contributed by atoms with Crippen LogP contribution in [0, 0.1) is 11.5 Å². The van der Waals surface area contributed by atoms with Gasteiger partial charge in [-0.2, -0.15) is 5.26 Å². The van der Waals surface area contributed by atoms with Crippen LogP contribution in [0.25, 0.3) is 5.57 Å². The number of aromatic nitrogens is 2. The van der Waals surface area contributed by atoms with E-state index < -0.39 is 0 Å². The molecule has 4 heterocycles. The summed E-state index contributed by atoms with van der Waals surface area (Å²) < 4.78 is 0. The maximum absolute atomic E-state index is 10.2. The van der Waals surface area contributed by atoms with E-state index in [-0.39, 0.29) is 5.96 Å². The molecule has 35 heavy (non-hydrogen) atoms. The van der Waals surface area contributed by atoms with Crippen LogP contribution in [0.5, 0.6) is 0 Å². The van der Waals surface area contributed by atoms with Crippen molar-refractivity contribution in [3.05, 3.63) is 94.0 Å². The Kier molecular flexibility index (Phi) is 7.00. The van der Waals surface area contributed by atoms with Crippen LogP contribution in [0.1, 0.15) is 35.2 Å². The number of nitriles is 1. The summed E-state index contributed by atoms with van der Waals surface area (Å²) in [7, 11) is 0. The Morgan fingerprint density at radius 1 is 1.20 bits per heavy atom. The number of hydrogen-bond donors (Lipinski definition) is 1. The maximum atomic E-state index is 10.2. The number of benzene rings is 1. The van der Waals surface area contributed by atoms with E-state index in [4.69, 9.17) is 16.6 Å². The number of hydroxylamine groups is 2. The number of piperidine rings is 1. The van der Waals surface area contributed by atoms with Gasteiger partial charge in [-0.1, -0.05) is 35.4 Å². The van der Waals surface area contributed by atoms with Gasteiger partial charge in [-0.3, -0.25) is 15.2 Å². The zero-order valence-corrected chi connectivity index (χ0v) is 20.5. The molecule has 7 nitrogen and oxygen atoms in total. The standard InChI is InChI=1S/C26H23ClN6OS/c27-21-5-6-22-23(13-21)35-16-20-4-2-10-30-25(20)24(22)19-7-11-32(12-8-19)26(33(34)17-28)31-15-18-3-1-9-29-14-18/h1-6,9-10,13-14,34H,7-8,11-12,15-16H2. The molecule has 0 spiro atoms. The second-order valence-electron chi connectivity index (χ2n) is 8.30. The molecule has 1 fully saturated rings. The fourth-order valence-electron chi connectivity index (χ4n) is 4.47. The number of fused-ring (bicyclic) bond motifs is 2. The number of rotatable bonds is 2. The molecule has 1 saturated heterocycles. The van der Waals surface area contributed by atoms with Crippen molar-refractivity contribution in [2.75, 3.05) is 13.1 Å². The average Bonchev–Trinajstić information content (AvgIpc) is 3.06. The van der Waals surface area contributed by atoms with Crippen molar-refractivity contribution in [3.8, 4) is 6.19 Å². The van der Waals surface area contributed by atoms with Gasteiger partial charge in [-0.15, -0.1) is 16.8 Å². The smallest absolute Gasteiger partial charge is 0.236 e. The molecular formula is C26H23ClN6OS. The van der Waals surface area contributed by atoms with Crippen LogP contribution in [0.2, 0.25) is 5.02 Å². The van der Waals surface area contributed by atoms with E-state index >= 15 is 0 Å². The van der Waals surface area contributed by atoms with Crippen molar-refractivity contribution in [1.82, 2.24) is 19.9 Å². The molecule has 1 aromatic carbocycles. The molecule has 0 aliphatic carbocycles. The number of likely N-dealkylation sites (tertiary alicyclic amines) is 1. The molecule has 1 N–H and O–H groups in total. The van der Waals surface area contributed by atoms with Crippen molar-refractivity contribution in [2.45, 2.75) is 30.0 Å². The molecule has 0 atom stereocenters. The summed E-state index contributed by atoms with van der Waals surface area (Å²) in [5, 5.41) is 20.8. The molecule has 176 valence electrons. The summed E-state index contributed by atoms with van der Waals surface area (Å²) in [6, 6.07) is 13.9. The molecule has 0 radical (unpaired) electrons. The van der Waals surface area contributed by atoms with Crippen LogP contribution >= 0.6 is 23.4 Å². The predicted molar refractivity (Wildman–Crippen MR) is 137 cm³/mol. The predicted octanol–water partition coefficient (Wildman–Crippen LogP) is 5.36. The summed E-state index contributed by atoms with van der Waals surface area (Å²) >= 11 is 8.10. The SMILES string of the molecule is N#CN(O)C(=NCc1cccnc1)N1CCC(=C2c3ccc(Cl)cc3SCc3cccnc32)CC1. The van der Waals surface area contributed by atoms with Gasteiger partial charge in [0.1, 0.15) is 0 Å². The lowest BCUT2D eigenvalue weighted by atomic mass is 9.89. The van der Waals surface area contributed by atoms with Gasteiger partial charge in [-0.05, 0) is 53.8 Å². The highest BCUT2D eigenvalue weighted by Crippen LogP contribution is 2.43. The topological polar surface area (TPSA) is 88.6 Å². The normalized spacial score (nSPS) is 15.7. The minimum absolute atomic E-state index is 0.252. The molecule has 2 aliphatic heterocycles. The number of guanidine groups is 1. The second-order valence-corrected chi connectivity index (χ2v) is 9.75. The zero-order chi connectivity index (χ0) is 24.2. The Bertz CT molecular complexity index is 1330. The third kappa shape index (κ3) is 5.03. The summed E-state index contributed by atoms with van der Waals surface area (Å²) in [4.78, 5) is 16.5. The minimum Gasteiger partial charge on any atom is -0.340 e. The van der Waals surface area contributed by atoms with Gasteiger partial charge in [-0.25, -0.2) is 4.99 Å². The fraction of sp³-hybridized carbons (Fsp3) is 0.231. The Balaban J connectivity index is 1.46. The van der Waals surface area contributed by atoms with Crippen LogP contribution in [0.3, 0.4) is 0 Å². The van der Waals surface area contributed by atoms with E-state index in [2.05, 4.69) is 22.1 Å². The van der Waals surface area contributed by atoms with Gasteiger partial charge >= 0.3 is 0 Å². The van der Waals surface area contributed by atoms with Crippen molar-refractivity contribution >= 4 is 34.9 Å². The number of hydrogen-bond acceptors (Lipinski definition) is 6. The minimum atomic E-state index is 0.252. The van der Waals surface area contributed by atoms with Gasteiger partial charge in [0.05, 0.1) is 12.2 Å². The highest BCUT2D eigenvalue weighted by molar-refractivity contribution is 7.98. The van der Waals surface area contributed by atoms with Crippen LogP contribution in [-0.2, 0) is 12.3 Å². The molecule has 2 aromatic heterocycles. The molecule has 0 bridgehead atoms. The first-order valence-electron chi connectivity index (χ1n) is 11.3. The van der Waals surface area contributed by atoms with E-state index in [1.165, 1.54) is 16.7 Å². The molecule has 0 saturated carbocycles. The van der Waals surface area contributed by atoms with Gasteiger partial charge in [0, 0.05) is 52.9 Å². The summed E-state index contributed by atoms with van der Waals surface area (Å²) in [5.41, 5.74) is 6.78. The summed E-state index contributed by atoms with van der Waals surface area (Å²) in [6.45, 7) is 1.58. The van der Waals surface area contributed by atoms with Crippen molar-refractivity contribution in [1.29, 1.82) is 5.26 Å². The Hall–Kier alpha value is -3.38. The Morgan fingerprint density at radius 3 is 2.80 bits per heavy atom. The highest BCUT2D eigenvalue weighted by atomic mass is 35.5. The summed E-state index contributed by atoms with van der Waals surface area (Å²) in [5.74, 6) is 1.09. The molecule has 3 aromatic rings. The average molecular weight is 503 g/mol. The number of aliphatic imine (C=N–C) groups is 1. The first-order chi connectivity index (χ1) is 17.1. The molecule has 0 unspecified atom stereocenters. The first kappa shape index (κ1) is 23.4. The van der Waals surface area contributed by atoms with Crippen LogP contribution < -0.4 is 0 Å². The van der Waals surface area contributed by atoms with Crippen molar-refractivity contribution in [2.24, 2.45) is 4.99 Å². The van der Waals surface area contributed by atoms with Crippen molar-refractivity contribution < 1.29 is 5.21 Å². The third-order valence-corrected chi connectivity index (χ3v) is 7.48. The van der Waals surface area contributed by atoms with Gasteiger partial charge in [0.25, 0.3) is 0 Å². The third-order valence-electron chi connectivity index (χ3n) is 6.14.